The normalized spacial score (nSPS) is 15.7. The zero-order valence-corrected chi connectivity index (χ0v) is 19.9. The minimum absolute atomic E-state index is 0.0620. The zero-order chi connectivity index (χ0) is 24.2. The molecule has 1 fully saturated rings. The fourth-order valence-corrected chi connectivity index (χ4v) is 4.69. The SMILES string of the molecule is O=C(NCc1ccccc1Cl)[C@@H]1CCCN(C(=O)c2cnn(-c3ccccc3)c2-n2cccc2)C1. The number of carbonyl (C=O) groups excluding carboxylic acids is 2. The van der Waals surface area contributed by atoms with Gasteiger partial charge in [0.1, 0.15) is 5.56 Å². The van der Waals surface area contributed by atoms with Crippen LogP contribution in [0.4, 0.5) is 0 Å². The van der Waals surface area contributed by atoms with Gasteiger partial charge in [-0.1, -0.05) is 48.0 Å². The number of halogens is 1. The zero-order valence-electron chi connectivity index (χ0n) is 19.2. The molecule has 2 amide bonds. The van der Waals surface area contributed by atoms with Crippen molar-refractivity contribution < 1.29 is 9.59 Å². The van der Waals surface area contributed by atoms with E-state index >= 15 is 0 Å². The van der Waals surface area contributed by atoms with Crippen molar-refractivity contribution in [2.45, 2.75) is 19.4 Å². The molecule has 5 rings (SSSR count). The van der Waals surface area contributed by atoms with E-state index < -0.39 is 0 Å². The Morgan fingerprint density at radius 3 is 2.51 bits per heavy atom. The number of benzene rings is 2. The summed E-state index contributed by atoms with van der Waals surface area (Å²) in [5.41, 5.74) is 2.24. The van der Waals surface area contributed by atoms with Gasteiger partial charge >= 0.3 is 0 Å². The molecule has 0 radical (unpaired) electrons. The second-order valence-corrected chi connectivity index (χ2v) is 9.03. The van der Waals surface area contributed by atoms with Crippen molar-refractivity contribution in [2.75, 3.05) is 13.1 Å². The first kappa shape index (κ1) is 22.9. The van der Waals surface area contributed by atoms with Gasteiger partial charge in [-0.2, -0.15) is 5.10 Å². The van der Waals surface area contributed by atoms with Gasteiger partial charge in [0, 0.05) is 37.1 Å². The molecule has 35 heavy (non-hydrogen) atoms. The van der Waals surface area contributed by atoms with E-state index in [1.165, 1.54) is 0 Å². The summed E-state index contributed by atoms with van der Waals surface area (Å²) in [6.07, 6.45) is 6.92. The minimum Gasteiger partial charge on any atom is -0.352 e. The van der Waals surface area contributed by atoms with Crippen LogP contribution in [0.5, 0.6) is 0 Å². The van der Waals surface area contributed by atoms with Crippen LogP contribution < -0.4 is 5.32 Å². The van der Waals surface area contributed by atoms with Crippen molar-refractivity contribution in [3.63, 3.8) is 0 Å². The molecule has 0 aliphatic carbocycles. The van der Waals surface area contributed by atoms with Crippen molar-refractivity contribution in [3.05, 3.63) is 101 Å². The first-order valence-electron chi connectivity index (χ1n) is 11.7. The van der Waals surface area contributed by atoms with Gasteiger partial charge in [-0.3, -0.25) is 9.59 Å². The quantitative estimate of drug-likeness (QED) is 0.435. The molecule has 0 unspecified atom stereocenters. The van der Waals surface area contributed by atoms with Crippen molar-refractivity contribution in [1.82, 2.24) is 24.6 Å². The first-order valence-corrected chi connectivity index (χ1v) is 12.1. The number of nitrogens with one attached hydrogen (secondary N) is 1. The number of aromatic nitrogens is 3. The topological polar surface area (TPSA) is 72.2 Å². The fraction of sp³-hybridized carbons (Fsp3) is 0.222. The molecule has 1 atom stereocenters. The minimum atomic E-state index is -0.269. The summed E-state index contributed by atoms with van der Waals surface area (Å²) in [5.74, 6) is 0.221. The van der Waals surface area contributed by atoms with E-state index in [1.54, 1.807) is 15.8 Å². The summed E-state index contributed by atoms with van der Waals surface area (Å²) in [6, 6.07) is 21.0. The Kier molecular flexibility index (Phi) is 6.68. The van der Waals surface area contributed by atoms with Crippen LogP contribution in [-0.2, 0) is 11.3 Å². The molecule has 1 aliphatic rings. The number of rotatable bonds is 6. The predicted octanol–water partition coefficient (Wildman–Crippen LogP) is 4.49. The Morgan fingerprint density at radius 2 is 1.74 bits per heavy atom. The van der Waals surface area contributed by atoms with Gasteiger partial charge in [-0.05, 0) is 48.7 Å². The number of para-hydroxylation sites is 1. The number of piperidine rings is 1. The average Bonchev–Trinajstić information content (AvgIpc) is 3.58. The molecule has 1 N–H and O–H groups in total. The lowest BCUT2D eigenvalue weighted by molar-refractivity contribution is -0.126. The van der Waals surface area contributed by atoms with Crippen LogP contribution in [0.1, 0.15) is 28.8 Å². The number of amides is 2. The molecule has 2 aromatic carbocycles. The van der Waals surface area contributed by atoms with Crippen LogP contribution in [-0.4, -0.2) is 44.2 Å². The van der Waals surface area contributed by atoms with Crippen molar-refractivity contribution in [2.24, 2.45) is 5.92 Å². The summed E-state index contributed by atoms with van der Waals surface area (Å²) in [4.78, 5) is 28.3. The fourth-order valence-electron chi connectivity index (χ4n) is 4.49. The molecular formula is C27H26ClN5O2. The summed E-state index contributed by atoms with van der Waals surface area (Å²) in [6.45, 7) is 1.34. The van der Waals surface area contributed by atoms with E-state index in [4.69, 9.17) is 11.6 Å². The third kappa shape index (κ3) is 4.86. The highest BCUT2D eigenvalue weighted by atomic mass is 35.5. The van der Waals surface area contributed by atoms with Crippen LogP contribution in [0.3, 0.4) is 0 Å². The highest BCUT2D eigenvalue weighted by molar-refractivity contribution is 6.31. The molecule has 7 nitrogen and oxygen atoms in total. The molecule has 2 aromatic heterocycles. The largest absolute Gasteiger partial charge is 0.352 e. The lowest BCUT2D eigenvalue weighted by Gasteiger charge is -2.32. The summed E-state index contributed by atoms with van der Waals surface area (Å²) in [5, 5.41) is 8.15. The first-order chi connectivity index (χ1) is 17.1. The molecule has 4 aromatic rings. The van der Waals surface area contributed by atoms with Crippen molar-refractivity contribution >= 4 is 23.4 Å². The molecule has 8 heteroatoms. The van der Waals surface area contributed by atoms with Gasteiger partial charge in [0.2, 0.25) is 5.91 Å². The van der Waals surface area contributed by atoms with Gasteiger partial charge < -0.3 is 14.8 Å². The third-order valence-corrected chi connectivity index (χ3v) is 6.68. The number of carbonyl (C=O) groups is 2. The van der Waals surface area contributed by atoms with E-state index in [1.807, 2.05) is 83.7 Å². The average molecular weight is 488 g/mol. The monoisotopic (exact) mass is 487 g/mol. The van der Waals surface area contributed by atoms with E-state index in [0.29, 0.717) is 36.0 Å². The van der Waals surface area contributed by atoms with Gasteiger partial charge in [0.15, 0.2) is 5.82 Å². The lowest BCUT2D eigenvalue weighted by atomic mass is 9.96. The Morgan fingerprint density at radius 1 is 1.00 bits per heavy atom. The third-order valence-electron chi connectivity index (χ3n) is 6.31. The molecule has 0 bridgehead atoms. The maximum absolute atomic E-state index is 13.7. The van der Waals surface area contributed by atoms with E-state index in [9.17, 15) is 9.59 Å². The smallest absolute Gasteiger partial charge is 0.259 e. The summed E-state index contributed by atoms with van der Waals surface area (Å²) in [7, 11) is 0. The second-order valence-electron chi connectivity index (χ2n) is 8.62. The molecule has 1 aliphatic heterocycles. The Labute approximate surface area is 208 Å². The second kappa shape index (κ2) is 10.2. The lowest BCUT2D eigenvalue weighted by Crippen LogP contribution is -2.45. The van der Waals surface area contributed by atoms with E-state index in [-0.39, 0.29) is 17.7 Å². The molecular weight excluding hydrogens is 462 g/mol. The maximum atomic E-state index is 13.7. The van der Waals surface area contributed by atoms with Crippen molar-refractivity contribution in [1.29, 1.82) is 0 Å². The summed E-state index contributed by atoms with van der Waals surface area (Å²) >= 11 is 6.22. The Balaban J connectivity index is 1.34. The molecule has 178 valence electrons. The van der Waals surface area contributed by atoms with E-state index in [0.717, 1.165) is 24.1 Å². The predicted molar refractivity (Wildman–Crippen MR) is 135 cm³/mol. The number of hydrogen-bond acceptors (Lipinski definition) is 3. The van der Waals surface area contributed by atoms with Gasteiger partial charge in [-0.15, -0.1) is 0 Å². The van der Waals surface area contributed by atoms with Crippen LogP contribution in [0.25, 0.3) is 11.5 Å². The molecule has 1 saturated heterocycles. The van der Waals surface area contributed by atoms with Gasteiger partial charge in [0.25, 0.3) is 5.91 Å². The van der Waals surface area contributed by atoms with Crippen molar-refractivity contribution in [3.8, 4) is 11.5 Å². The number of likely N-dealkylation sites (tertiary alicyclic amines) is 1. The highest BCUT2D eigenvalue weighted by Crippen LogP contribution is 2.24. The Bertz CT molecular complexity index is 1320. The summed E-state index contributed by atoms with van der Waals surface area (Å²) < 4.78 is 3.66. The van der Waals surface area contributed by atoms with Gasteiger partial charge in [-0.25, -0.2) is 4.68 Å². The van der Waals surface area contributed by atoms with E-state index in [2.05, 4.69) is 10.4 Å². The number of nitrogens with zero attached hydrogens (tertiary/aromatic N) is 4. The molecule has 0 saturated carbocycles. The maximum Gasteiger partial charge on any atom is 0.259 e. The van der Waals surface area contributed by atoms with Crippen LogP contribution in [0.15, 0.2) is 85.3 Å². The van der Waals surface area contributed by atoms with Crippen LogP contribution >= 0.6 is 11.6 Å². The van der Waals surface area contributed by atoms with Crippen LogP contribution in [0.2, 0.25) is 5.02 Å². The molecule has 3 heterocycles. The number of hydrogen-bond donors (Lipinski definition) is 1. The standard InChI is InChI=1S/C27H26ClN5O2/c28-24-13-5-4-9-20(24)17-29-25(34)21-10-8-16-32(19-21)27(35)23-18-30-33(22-11-2-1-3-12-22)26(23)31-14-6-7-15-31/h1-7,9,11-15,18,21H,8,10,16-17,19H2,(H,29,34)/t21-/m1/s1. The van der Waals surface area contributed by atoms with Crippen LogP contribution in [0, 0.1) is 5.92 Å². The van der Waals surface area contributed by atoms with Gasteiger partial charge in [0.05, 0.1) is 17.8 Å². The highest BCUT2D eigenvalue weighted by Gasteiger charge is 2.31. The Hall–Kier alpha value is -3.84. The molecule has 0 spiro atoms.